The van der Waals surface area contributed by atoms with Gasteiger partial charge in [0.05, 0.1) is 12.4 Å². The normalized spacial score (nSPS) is 11.8. The average molecular weight is 385 g/mol. The van der Waals surface area contributed by atoms with E-state index in [0.717, 1.165) is 0 Å². The highest BCUT2D eigenvalue weighted by atomic mass is 79.9. The smallest absolute Gasteiger partial charge is 0.360 e. The van der Waals surface area contributed by atoms with Gasteiger partial charge in [0, 0.05) is 11.1 Å². The fourth-order valence-electron chi connectivity index (χ4n) is 1.61. The Hall–Kier alpha value is -2.22. The maximum absolute atomic E-state index is 11.8. The molecule has 1 rings (SSSR count). The quantitative estimate of drug-likeness (QED) is 0.296. The van der Waals surface area contributed by atoms with Gasteiger partial charge in [0.1, 0.15) is 19.4 Å². The minimum absolute atomic E-state index is 0.0198. The standard InChI is InChI=1S/C15H17BrN2O5/c1-10(13(19)8-16)17-23-9-11-6-4-5-7-12(11)14(18-22-3)15(20)21-2/h4-7H,8-9H2,1-3H3. The molecule has 23 heavy (non-hydrogen) atoms. The lowest BCUT2D eigenvalue weighted by Gasteiger charge is -2.09. The number of oxime groups is 2. The molecular formula is C15H17BrN2O5. The number of benzene rings is 1. The van der Waals surface area contributed by atoms with Crippen LogP contribution in [0.15, 0.2) is 34.6 Å². The van der Waals surface area contributed by atoms with E-state index < -0.39 is 5.97 Å². The zero-order chi connectivity index (χ0) is 17.2. The number of methoxy groups -OCH3 is 1. The molecule has 1 aromatic rings. The fourth-order valence-corrected chi connectivity index (χ4v) is 2.01. The van der Waals surface area contributed by atoms with Gasteiger partial charge in [-0.1, -0.05) is 50.5 Å². The summed E-state index contributed by atoms with van der Waals surface area (Å²) in [5.41, 5.74) is 1.42. The molecule has 0 amide bonds. The van der Waals surface area contributed by atoms with Crippen molar-refractivity contribution in [3.63, 3.8) is 0 Å². The molecule has 0 fully saturated rings. The Bertz CT molecular complexity index is 628. The van der Waals surface area contributed by atoms with Crippen LogP contribution in [0.1, 0.15) is 18.1 Å². The van der Waals surface area contributed by atoms with E-state index in [0.29, 0.717) is 11.1 Å². The molecule has 0 saturated carbocycles. The average Bonchev–Trinajstić information content (AvgIpc) is 2.58. The number of rotatable bonds is 8. The Kier molecular flexibility index (Phi) is 7.96. The Morgan fingerprint density at radius 3 is 2.48 bits per heavy atom. The molecule has 124 valence electrons. The SMILES string of the molecule is CON=C(C(=O)OC)c1ccccc1CON=C(C)C(=O)CBr. The van der Waals surface area contributed by atoms with Crippen LogP contribution in [-0.2, 0) is 30.6 Å². The number of halogens is 1. The molecule has 1 aromatic carbocycles. The summed E-state index contributed by atoms with van der Waals surface area (Å²) in [6.45, 7) is 1.62. The van der Waals surface area contributed by atoms with E-state index in [9.17, 15) is 9.59 Å². The van der Waals surface area contributed by atoms with Crippen molar-refractivity contribution in [2.24, 2.45) is 10.3 Å². The van der Waals surface area contributed by atoms with Gasteiger partial charge in [-0.15, -0.1) is 0 Å². The number of carbonyl (C=O) groups is 2. The van der Waals surface area contributed by atoms with Crippen LogP contribution in [-0.4, -0.2) is 42.7 Å². The number of alkyl halides is 1. The Labute approximate surface area is 142 Å². The Morgan fingerprint density at radius 2 is 1.87 bits per heavy atom. The van der Waals surface area contributed by atoms with Crippen molar-refractivity contribution in [1.29, 1.82) is 0 Å². The van der Waals surface area contributed by atoms with Crippen LogP contribution in [0.3, 0.4) is 0 Å². The molecule has 0 bridgehead atoms. The number of ether oxygens (including phenoxy) is 1. The molecule has 7 nitrogen and oxygen atoms in total. The molecule has 8 heteroatoms. The number of hydrogen-bond donors (Lipinski definition) is 0. The van der Waals surface area contributed by atoms with E-state index >= 15 is 0 Å². The van der Waals surface area contributed by atoms with Gasteiger partial charge < -0.3 is 14.4 Å². The van der Waals surface area contributed by atoms with Crippen LogP contribution in [0, 0.1) is 0 Å². The van der Waals surface area contributed by atoms with Crippen LogP contribution >= 0.6 is 15.9 Å². The highest BCUT2D eigenvalue weighted by Crippen LogP contribution is 2.13. The molecule has 0 unspecified atom stereocenters. The molecular weight excluding hydrogens is 368 g/mol. The van der Waals surface area contributed by atoms with Crippen LogP contribution in [0.5, 0.6) is 0 Å². The molecule has 0 N–H and O–H groups in total. The maximum Gasteiger partial charge on any atom is 0.360 e. The van der Waals surface area contributed by atoms with Gasteiger partial charge in [0.15, 0.2) is 11.5 Å². The first kappa shape index (κ1) is 18.8. The first-order valence-corrected chi connectivity index (χ1v) is 7.70. The van der Waals surface area contributed by atoms with Gasteiger partial charge in [0.25, 0.3) is 0 Å². The molecule has 0 radical (unpaired) electrons. The van der Waals surface area contributed by atoms with Gasteiger partial charge in [-0.2, -0.15) is 0 Å². The summed E-state index contributed by atoms with van der Waals surface area (Å²) in [6.07, 6.45) is 0. The van der Waals surface area contributed by atoms with Crippen molar-refractivity contribution in [2.45, 2.75) is 13.5 Å². The van der Waals surface area contributed by atoms with Crippen molar-refractivity contribution in [2.75, 3.05) is 19.5 Å². The summed E-state index contributed by atoms with van der Waals surface area (Å²) < 4.78 is 4.70. The lowest BCUT2D eigenvalue weighted by atomic mass is 10.0. The number of hydrogen-bond acceptors (Lipinski definition) is 7. The third-order valence-corrected chi connectivity index (χ3v) is 3.29. The topological polar surface area (TPSA) is 86.6 Å². The summed E-state index contributed by atoms with van der Waals surface area (Å²) in [4.78, 5) is 33.1. The molecule has 0 aromatic heterocycles. The van der Waals surface area contributed by atoms with Crippen molar-refractivity contribution in [3.8, 4) is 0 Å². The number of carbonyl (C=O) groups excluding carboxylic acids is 2. The van der Waals surface area contributed by atoms with Gasteiger partial charge in [-0.3, -0.25) is 4.79 Å². The van der Waals surface area contributed by atoms with Crippen LogP contribution < -0.4 is 0 Å². The number of esters is 1. The van der Waals surface area contributed by atoms with E-state index in [2.05, 4.69) is 26.2 Å². The second kappa shape index (κ2) is 9.73. The first-order chi connectivity index (χ1) is 11.0. The maximum atomic E-state index is 11.8. The predicted octanol–water partition coefficient (Wildman–Crippen LogP) is 2.07. The van der Waals surface area contributed by atoms with Crippen molar-refractivity contribution in [1.82, 2.24) is 0 Å². The highest BCUT2D eigenvalue weighted by molar-refractivity contribution is 9.09. The number of ketones is 1. The van der Waals surface area contributed by atoms with Crippen LogP contribution in [0.4, 0.5) is 0 Å². The summed E-state index contributed by atoms with van der Waals surface area (Å²) in [7, 11) is 2.59. The van der Waals surface area contributed by atoms with E-state index in [4.69, 9.17) is 14.4 Å². The summed E-state index contributed by atoms with van der Waals surface area (Å²) in [5, 5.41) is 7.63. The van der Waals surface area contributed by atoms with E-state index in [-0.39, 0.29) is 29.1 Å². The third kappa shape index (κ3) is 5.48. The summed E-state index contributed by atoms with van der Waals surface area (Å²) >= 11 is 3.06. The zero-order valence-electron chi connectivity index (χ0n) is 13.0. The molecule has 0 heterocycles. The molecule has 0 aliphatic rings. The summed E-state index contributed by atoms with van der Waals surface area (Å²) in [6, 6.07) is 6.97. The minimum Gasteiger partial charge on any atom is -0.464 e. The minimum atomic E-state index is -0.631. The third-order valence-electron chi connectivity index (χ3n) is 2.78. The van der Waals surface area contributed by atoms with Gasteiger partial charge in [-0.05, 0) is 6.92 Å². The second-order valence-electron chi connectivity index (χ2n) is 4.28. The second-order valence-corrected chi connectivity index (χ2v) is 4.84. The van der Waals surface area contributed by atoms with Gasteiger partial charge >= 0.3 is 5.97 Å². The van der Waals surface area contributed by atoms with Crippen molar-refractivity contribution < 1.29 is 24.0 Å². The highest BCUT2D eigenvalue weighted by Gasteiger charge is 2.19. The predicted molar refractivity (Wildman–Crippen MR) is 88.7 cm³/mol. The molecule has 0 aliphatic carbocycles. The van der Waals surface area contributed by atoms with Gasteiger partial charge in [0.2, 0.25) is 0 Å². The lowest BCUT2D eigenvalue weighted by Crippen LogP contribution is -2.19. The Morgan fingerprint density at radius 1 is 1.17 bits per heavy atom. The van der Waals surface area contributed by atoms with E-state index in [1.807, 2.05) is 0 Å². The molecule has 0 aliphatic heterocycles. The van der Waals surface area contributed by atoms with Gasteiger partial charge in [-0.25, -0.2) is 4.79 Å². The van der Waals surface area contributed by atoms with Crippen LogP contribution in [0.2, 0.25) is 0 Å². The lowest BCUT2D eigenvalue weighted by molar-refractivity contribution is -0.132. The van der Waals surface area contributed by atoms with E-state index in [1.54, 1.807) is 31.2 Å². The summed E-state index contributed by atoms with van der Waals surface area (Å²) in [5.74, 6) is -0.803. The monoisotopic (exact) mass is 384 g/mol. The van der Waals surface area contributed by atoms with Crippen molar-refractivity contribution in [3.05, 3.63) is 35.4 Å². The fraction of sp³-hybridized carbons (Fsp3) is 0.333. The molecule has 0 spiro atoms. The Balaban J connectivity index is 2.99. The molecule has 0 atom stereocenters. The van der Waals surface area contributed by atoms with Crippen molar-refractivity contribution >= 4 is 39.1 Å². The molecule has 0 saturated heterocycles. The first-order valence-electron chi connectivity index (χ1n) is 6.58. The number of Topliss-reactive ketones (excluding diaryl/α,β-unsaturated/α-hetero) is 1. The number of nitrogens with zero attached hydrogens (tertiary/aromatic N) is 2. The largest absolute Gasteiger partial charge is 0.464 e. The van der Waals surface area contributed by atoms with Crippen LogP contribution in [0.25, 0.3) is 0 Å². The zero-order valence-corrected chi connectivity index (χ0v) is 14.6. The van der Waals surface area contributed by atoms with E-state index in [1.165, 1.54) is 14.2 Å².